The van der Waals surface area contributed by atoms with Crippen molar-refractivity contribution >= 4 is 35.8 Å². The molecule has 1 aliphatic carbocycles. The van der Waals surface area contributed by atoms with Gasteiger partial charge in [-0.3, -0.25) is 9.79 Å². The van der Waals surface area contributed by atoms with Crippen LogP contribution >= 0.6 is 24.0 Å². The zero-order valence-electron chi connectivity index (χ0n) is 14.0. The molecule has 0 aromatic carbocycles. The molecule has 3 rings (SSSR count). The van der Waals surface area contributed by atoms with E-state index in [9.17, 15) is 4.79 Å². The van der Waals surface area contributed by atoms with E-state index in [1.807, 2.05) is 4.90 Å². The molecule has 2 heterocycles. The Bertz CT molecular complexity index is 422. The second-order valence-corrected chi connectivity index (χ2v) is 6.56. The van der Waals surface area contributed by atoms with Crippen molar-refractivity contribution < 1.29 is 9.53 Å². The largest absolute Gasteiger partial charge is 0.381 e. The van der Waals surface area contributed by atoms with Crippen molar-refractivity contribution in [3.63, 3.8) is 0 Å². The van der Waals surface area contributed by atoms with Gasteiger partial charge in [0, 0.05) is 45.9 Å². The Labute approximate surface area is 156 Å². The van der Waals surface area contributed by atoms with Gasteiger partial charge in [0.1, 0.15) is 0 Å². The topological polar surface area (TPSA) is 57.2 Å². The van der Waals surface area contributed by atoms with Gasteiger partial charge in [-0.1, -0.05) is 0 Å². The Morgan fingerprint density at radius 1 is 1.26 bits per heavy atom. The SMILES string of the molecule is CN=C(NCCC1CCOCC1)N1CCN(C2CC2)C(=O)C1.I. The predicted octanol–water partition coefficient (Wildman–Crippen LogP) is 1.30. The molecule has 0 spiro atoms. The minimum atomic E-state index is 0. The molecule has 3 aliphatic rings. The second kappa shape index (κ2) is 9.05. The molecule has 3 fully saturated rings. The van der Waals surface area contributed by atoms with Gasteiger partial charge in [0.25, 0.3) is 0 Å². The number of carbonyl (C=O) groups excluding carboxylic acids is 1. The summed E-state index contributed by atoms with van der Waals surface area (Å²) in [5.41, 5.74) is 0. The zero-order valence-corrected chi connectivity index (χ0v) is 16.3. The molecule has 0 bridgehead atoms. The van der Waals surface area contributed by atoms with Crippen LogP contribution in [0.2, 0.25) is 0 Å². The number of piperazine rings is 1. The van der Waals surface area contributed by atoms with Gasteiger partial charge in [0.15, 0.2) is 5.96 Å². The van der Waals surface area contributed by atoms with E-state index in [4.69, 9.17) is 4.74 Å². The summed E-state index contributed by atoms with van der Waals surface area (Å²) in [6.07, 6.45) is 5.85. The van der Waals surface area contributed by atoms with Crippen LogP contribution in [0.1, 0.15) is 32.1 Å². The van der Waals surface area contributed by atoms with E-state index in [2.05, 4.69) is 15.2 Å². The number of nitrogens with zero attached hydrogens (tertiary/aromatic N) is 3. The average Bonchev–Trinajstić information content (AvgIpc) is 3.37. The van der Waals surface area contributed by atoms with Crippen LogP contribution in [0, 0.1) is 5.92 Å². The molecule has 0 aromatic heterocycles. The predicted molar refractivity (Wildman–Crippen MR) is 101 cm³/mol. The van der Waals surface area contributed by atoms with Crippen molar-refractivity contribution in [2.75, 3.05) is 46.4 Å². The molecule has 7 heteroatoms. The zero-order chi connectivity index (χ0) is 15.4. The number of amides is 1. The van der Waals surface area contributed by atoms with Crippen LogP contribution in [0.15, 0.2) is 4.99 Å². The number of guanidine groups is 1. The molecule has 6 nitrogen and oxygen atoms in total. The summed E-state index contributed by atoms with van der Waals surface area (Å²) in [6.45, 7) is 4.92. The van der Waals surface area contributed by atoms with E-state index in [1.54, 1.807) is 7.05 Å². The van der Waals surface area contributed by atoms with Crippen LogP contribution in [0.5, 0.6) is 0 Å². The Kier molecular flexibility index (Phi) is 7.39. The van der Waals surface area contributed by atoms with Gasteiger partial charge < -0.3 is 19.9 Å². The lowest BCUT2D eigenvalue weighted by Gasteiger charge is -2.36. The molecule has 0 aromatic rings. The Hall–Kier alpha value is -0.570. The number of rotatable bonds is 4. The fourth-order valence-corrected chi connectivity index (χ4v) is 3.39. The molecule has 1 amide bonds. The fraction of sp³-hybridized carbons (Fsp3) is 0.875. The quantitative estimate of drug-likeness (QED) is 0.410. The number of aliphatic imine (C=N–C) groups is 1. The fourth-order valence-electron chi connectivity index (χ4n) is 3.39. The third-order valence-electron chi connectivity index (χ3n) is 4.93. The van der Waals surface area contributed by atoms with Crippen LogP contribution in [0.25, 0.3) is 0 Å². The van der Waals surface area contributed by atoms with Gasteiger partial charge in [0.05, 0.1) is 6.54 Å². The van der Waals surface area contributed by atoms with E-state index in [0.29, 0.717) is 12.6 Å². The molecule has 0 unspecified atom stereocenters. The monoisotopic (exact) mass is 436 g/mol. The molecular formula is C16H29IN4O2. The number of hydrogen-bond acceptors (Lipinski definition) is 3. The normalized spacial score (nSPS) is 23.7. The summed E-state index contributed by atoms with van der Waals surface area (Å²) in [7, 11) is 1.80. The Balaban J connectivity index is 0.00000192. The van der Waals surface area contributed by atoms with Gasteiger partial charge in [-0.05, 0) is 38.0 Å². The summed E-state index contributed by atoms with van der Waals surface area (Å²) in [6, 6.07) is 0.526. The van der Waals surface area contributed by atoms with Gasteiger partial charge in [-0.25, -0.2) is 0 Å². The Morgan fingerprint density at radius 2 is 2.00 bits per heavy atom. The average molecular weight is 436 g/mol. The summed E-state index contributed by atoms with van der Waals surface area (Å²) in [5, 5.41) is 3.43. The van der Waals surface area contributed by atoms with Crippen molar-refractivity contribution in [1.29, 1.82) is 0 Å². The smallest absolute Gasteiger partial charge is 0.242 e. The minimum Gasteiger partial charge on any atom is -0.381 e. The van der Waals surface area contributed by atoms with Crippen molar-refractivity contribution in [2.24, 2.45) is 10.9 Å². The number of hydrogen-bond donors (Lipinski definition) is 1. The van der Waals surface area contributed by atoms with E-state index in [0.717, 1.165) is 51.1 Å². The molecule has 2 aliphatic heterocycles. The highest BCUT2D eigenvalue weighted by Crippen LogP contribution is 2.28. The highest BCUT2D eigenvalue weighted by molar-refractivity contribution is 14.0. The summed E-state index contributed by atoms with van der Waals surface area (Å²) < 4.78 is 5.40. The maximum atomic E-state index is 12.2. The minimum absolute atomic E-state index is 0. The van der Waals surface area contributed by atoms with Gasteiger partial charge in [0.2, 0.25) is 5.91 Å². The van der Waals surface area contributed by atoms with Crippen LogP contribution < -0.4 is 5.32 Å². The van der Waals surface area contributed by atoms with E-state index < -0.39 is 0 Å². The summed E-state index contributed by atoms with van der Waals surface area (Å²) >= 11 is 0. The lowest BCUT2D eigenvalue weighted by Crippen LogP contribution is -2.55. The van der Waals surface area contributed by atoms with Crippen molar-refractivity contribution in [2.45, 2.75) is 38.1 Å². The van der Waals surface area contributed by atoms with Crippen molar-refractivity contribution in [3.8, 4) is 0 Å². The van der Waals surface area contributed by atoms with Crippen molar-refractivity contribution in [3.05, 3.63) is 0 Å². The highest BCUT2D eigenvalue weighted by Gasteiger charge is 2.36. The first-order valence-electron chi connectivity index (χ1n) is 8.60. The van der Waals surface area contributed by atoms with Gasteiger partial charge in [-0.15, -0.1) is 24.0 Å². The molecule has 132 valence electrons. The lowest BCUT2D eigenvalue weighted by molar-refractivity contribution is -0.135. The van der Waals surface area contributed by atoms with Gasteiger partial charge >= 0.3 is 0 Å². The maximum absolute atomic E-state index is 12.2. The standard InChI is InChI=1S/C16H28N4O2.HI/c1-17-16(18-7-4-13-5-10-22-11-6-13)19-8-9-20(14-2-3-14)15(21)12-19;/h13-14H,2-12H2,1H3,(H,17,18);1H. The van der Waals surface area contributed by atoms with Crippen LogP contribution in [0.3, 0.4) is 0 Å². The van der Waals surface area contributed by atoms with E-state index >= 15 is 0 Å². The first-order chi connectivity index (χ1) is 10.8. The summed E-state index contributed by atoms with van der Waals surface area (Å²) in [4.78, 5) is 20.7. The molecule has 23 heavy (non-hydrogen) atoms. The van der Waals surface area contributed by atoms with E-state index in [-0.39, 0.29) is 29.9 Å². The number of halogens is 1. The molecular weight excluding hydrogens is 407 g/mol. The molecule has 0 radical (unpaired) electrons. The lowest BCUT2D eigenvalue weighted by atomic mass is 9.97. The molecule has 1 saturated carbocycles. The third-order valence-corrected chi connectivity index (χ3v) is 4.93. The van der Waals surface area contributed by atoms with E-state index in [1.165, 1.54) is 25.7 Å². The third kappa shape index (κ3) is 5.20. The van der Waals surface area contributed by atoms with Crippen LogP contribution in [-0.2, 0) is 9.53 Å². The second-order valence-electron chi connectivity index (χ2n) is 6.56. The number of nitrogens with one attached hydrogen (secondary N) is 1. The van der Waals surface area contributed by atoms with Gasteiger partial charge in [-0.2, -0.15) is 0 Å². The number of carbonyl (C=O) groups is 1. The first kappa shape index (κ1) is 18.8. The maximum Gasteiger partial charge on any atom is 0.242 e. The van der Waals surface area contributed by atoms with Crippen LogP contribution in [-0.4, -0.2) is 74.1 Å². The molecule has 0 atom stereocenters. The number of ether oxygens (including phenoxy) is 1. The first-order valence-corrected chi connectivity index (χ1v) is 8.60. The molecule has 2 saturated heterocycles. The van der Waals surface area contributed by atoms with Crippen LogP contribution in [0.4, 0.5) is 0 Å². The van der Waals surface area contributed by atoms with Crippen molar-refractivity contribution in [1.82, 2.24) is 15.1 Å². The molecule has 1 N–H and O–H groups in total. The highest BCUT2D eigenvalue weighted by atomic mass is 127. The Morgan fingerprint density at radius 3 is 2.61 bits per heavy atom. The summed E-state index contributed by atoms with van der Waals surface area (Å²) in [5.74, 6) is 1.88.